The molecule has 1 aliphatic rings. The van der Waals surface area contributed by atoms with Crippen molar-refractivity contribution in [2.45, 2.75) is 25.2 Å². The van der Waals surface area contributed by atoms with Crippen LogP contribution in [0.2, 0.25) is 0 Å². The molecule has 0 aromatic carbocycles. The zero-order valence-corrected chi connectivity index (χ0v) is 10.1. The number of aromatic nitrogens is 2. The van der Waals surface area contributed by atoms with Gasteiger partial charge < -0.3 is 21.3 Å². The van der Waals surface area contributed by atoms with E-state index in [0.29, 0.717) is 0 Å². The summed E-state index contributed by atoms with van der Waals surface area (Å²) in [5, 5.41) is 25.5. The van der Waals surface area contributed by atoms with Crippen molar-refractivity contribution in [3.8, 4) is 0 Å². The molecule has 0 saturated carbocycles. The molecule has 2 heterocycles. The average Bonchev–Trinajstić information content (AvgIpc) is 2.36. The first-order valence-corrected chi connectivity index (χ1v) is 5.57. The van der Waals surface area contributed by atoms with E-state index >= 15 is 0 Å². The second kappa shape index (κ2) is 4.82. The number of aliphatic hydroxyl groups excluding tert-OH is 2. The highest BCUT2D eigenvalue weighted by atomic mass is 16.3. The van der Waals surface area contributed by atoms with Gasteiger partial charge >= 0.3 is 0 Å². The maximum Gasteiger partial charge on any atom is 0.277 e. The lowest BCUT2D eigenvalue weighted by atomic mass is 10.0. The highest BCUT2D eigenvalue weighted by Gasteiger charge is 2.34. The van der Waals surface area contributed by atoms with Gasteiger partial charge in [0.1, 0.15) is 11.8 Å². The number of nitrogens with two attached hydrogens (primary N) is 1. The number of anilines is 3. The summed E-state index contributed by atoms with van der Waals surface area (Å²) in [6.45, 7) is 1.35. The van der Waals surface area contributed by atoms with Crippen LogP contribution in [0.25, 0.3) is 0 Å². The Labute approximate surface area is 107 Å². The fourth-order valence-electron chi connectivity index (χ4n) is 1.90. The first-order valence-electron chi connectivity index (χ1n) is 5.57. The van der Waals surface area contributed by atoms with Gasteiger partial charge in [-0.3, -0.25) is 9.78 Å². The van der Waals surface area contributed by atoms with Crippen LogP contribution in [-0.2, 0) is 0 Å². The van der Waals surface area contributed by atoms with Crippen molar-refractivity contribution in [2.24, 2.45) is 5.29 Å². The van der Waals surface area contributed by atoms with Crippen LogP contribution < -0.4 is 21.6 Å². The molecule has 0 bridgehead atoms. The van der Waals surface area contributed by atoms with Gasteiger partial charge in [0.2, 0.25) is 5.95 Å². The van der Waals surface area contributed by atoms with E-state index in [1.165, 1.54) is 6.92 Å². The average molecular weight is 270 g/mol. The third kappa shape index (κ3) is 2.35. The van der Waals surface area contributed by atoms with E-state index in [-0.39, 0.29) is 24.0 Å². The molecule has 10 heteroatoms. The summed E-state index contributed by atoms with van der Waals surface area (Å²) in [5.74, 6) is -0.154. The lowest BCUT2D eigenvalue weighted by Gasteiger charge is -2.34. The lowest BCUT2D eigenvalue weighted by molar-refractivity contribution is 0.0201. The Hall–Kier alpha value is -2.20. The fraction of sp³-hybridized carbons (Fsp3) is 0.556. The van der Waals surface area contributed by atoms with Crippen molar-refractivity contribution in [3.63, 3.8) is 0 Å². The summed E-state index contributed by atoms with van der Waals surface area (Å²) >= 11 is 0. The van der Waals surface area contributed by atoms with E-state index in [2.05, 4.69) is 20.6 Å². The monoisotopic (exact) mass is 270 g/mol. The van der Waals surface area contributed by atoms with Crippen LogP contribution >= 0.6 is 0 Å². The SMILES string of the molecule is C[C@H](O)[C@H](O)[C@H]1CN(N=O)c2nc(N)[nH]c(=O)c2N1. The smallest absolute Gasteiger partial charge is 0.277 e. The van der Waals surface area contributed by atoms with Gasteiger partial charge in [0, 0.05) is 0 Å². The maximum absolute atomic E-state index is 11.7. The number of rotatable bonds is 3. The summed E-state index contributed by atoms with van der Waals surface area (Å²) in [4.78, 5) is 28.6. The summed E-state index contributed by atoms with van der Waals surface area (Å²) < 4.78 is 0. The number of nitroso groups, excluding NO2 is 1. The van der Waals surface area contributed by atoms with Gasteiger partial charge in [-0.2, -0.15) is 4.98 Å². The Morgan fingerprint density at radius 3 is 2.84 bits per heavy atom. The van der Waals surface area contributed by atoms with Crippen LogP contribution in [0.15, 0.2) is 10.1 Å². The molecule has 0 unspecified atom stereocenters. The number of nitrogens with one attached hydrogen (secondary N) is 2. The second-order valence-corrected chi connectivity index (χ2v) is 4.30. The molecule has 0 amide bonds. The molecule has 10 nitrogen and oxygen atoms in total. The molecule has 0 radical (unpaired) electrons. The summed E-state index contributed by atoms with van der Waals surface area (Å²) in [5.41, 5.74) is 4.78. The number of aliphatic hydroxyl groups is 2. The van der Waals surface area contributed by atoms with Gasteiger partial charge in [-0.05, 0) is 6.92 Å². The summed E-state index contributed by atoms with van der Waals surface area (Å²) in [6.07, 6.45) is -2.21. The Morgan fingerprint density at radius 2 is 2.26 bits per heavy atom. The number of H-pyrrole nitrogens is 1. The minimum atomic E-state index is -1.17. The quantitative estimate of drug-likeness (QED) is 0.410. The molecule has 0 spiro atoms. The second-order valence-electron chi connectivity index (χ2n) is 4.30. The molecule has 19 heavy (non-hydrogen) atoms. The van der Waals surface area contributed by atoms with E-state index < -0.39 is 23.8 Å². The van der Waals surface area contributed by atoms with Gasteiger partial charge in [0.05, 0.1) is 24.0 Å². The predicted octanol–water partition coefficient (Wildman–Crippen LogP) is -1.62. The Morgan fingerprint density at radius 1 is 1.58 bits per heavy atom. The number of nitrogens with zero attached hydrogens (tertiary/aromatic N) is 3. The van der Waals surface area contributed by atoms with E-state index in [9.17, 15) is 19.9 Å². The van der Waals surface area contributed by atoms with Crippen molar-refractivity contribution >= 4 is 17.5 Å². The molecule has 1 aromatic heterocycles. The number of hydrogen-bond acceptors (Lipinski definition) is 8. The number of hydrogen-bond donors (Lipinski definition) is 5. The van der Waals surface area contributed by atoms with E-state index in [1.807, 2.05) is 0 Å². The molecule has 1 aromatic rings. The third-order valence-electron chi connectivity index (χ3n) is 2.87. The molecular weight excluding hydrogens is 256 g/mol. The molecule has 2 rings (SSSR count). The van der Waals surface area contributed by atoms with Crippen LogP contribution in [0.3, 0.4) is 0 Å². The number of fused-ring (bicyclic) bond motifs is 1. The Kier molecular flexibility index (Phi) is 3.36. The van der Waals surface area contributed by atoms with E-state index in [0.717, 1.165) is 5.01 Å². The number of aromatic amines is 1. The third-order valence-corrected chi connectivity index (χ3v) is 2.87. The van der Waals surface area contributed by atoms with Gasteiger partial charge in [-0.1, -0.05) is 0 Å². The lowest BCUT2D eigenvalue weighted by Crippen LogP contribution is -2.51. The van der Waals surface area contributed by atoms with Crippen LogP contribution in [0.1, 0.15) is 6.92 Å². The van der Waals surface area contributed by atoms with Crippen LogP contribution in [0.4, 0.5) is 17.5 Å². The fourth-order valence-corrected chi connectivity index (χ4v) is 1.90. The summed E-state index contributed by atoms with van der Waals surface area (Å²) in [6, 6.07) is -0.739. The topological polar surface area (TPSA) is 157 Å². The minimum absolute atomic E-state index is 0.00899. The van der Waals surface area contributed by atoms with Crippen LogP contribution in [0, 0.1) is 4.91 Å². The van der Waals surface area contributed by atoms with E-state index in [1.54, 1.807) is 0 Å². The van der Waals surface area contributed by atoms with Gasteiger partial charge in [-0.25, -0.2) is 5.01 Å². The maximum atomic E-state index is 11.7. The van der Waals surface area contributed by atoms with E-state index in [4.69, 9.17) is 5.73 Å². The predicted molar refractivity (Wildman–Crippen MR) is 67.5 cm³/mol. The molecule has 0 saturated heterocycles. The first kappa shape index (κ1) is 13.2. The highest BCUT2D eigenvalue weighted by Crippen LogP contribution is 2.27. The van der Waals surface area contributed by atoms with Crippen molar-refractivity contribution in [2.75, 3.05) is 22.6 Å². The van der Waals surface area contributed by atoms with Crippen LogP contribution in [-0.4, -0.2) is 45.0 Å². The molecule has 0 fully saturated rings. The molecule has 104 valence electrons. The molecular formula is C9H14N6O4. The first-order chi connectivity index (χ1) is 8.93. The van der Waals surface area contributed by atoms with Crippen LogP contribution in [0.5, 0.6) is 0 Å². The normalized spacial score (nSPS) is 21.2. The van der Waals surface area contributed by atoms with Crippen molar-refractivity contribution < 1.29 is 10.2 Å². The zero-order valence-electron chi connectivity index (χ0n) is 10.1. The van der Waals surface area contributed by atoms with Crippen molar-refractivity contribution in [3.05, 3.63) is 15.3 Å². The standard InChI is InChI=1S/C9H14N6O4/c1-3(16)6(17)4-2-15(14-19)7-5(11-4)8(18)13-9(10)12-7/h3-4,6,11,16-17H,2H2,1H3,(H3,10,12,13,18)/t3-,4+,6-/m0/s1. The van der Waals surface area contributed by atoms with Gasteiger partial charge in [-0.15, -0.1) is 4.91 Å². The highest BCUT2D eigenvalue weighted by molar-refractivity contribution is 5.68. The Bertz CT molecular complexity index is 544. The minimum Gasteiger partial charge on any atom is -0.391 e. The number of nitrogen functional groups attached to an aromatic ring is 1. The van der Waals surface area contributed by atoms with Gasteiger partial charge in [0.15, 0.2) is 5.82 Å². The van der Waals surface area contributed by atoms with Crippen molar-refractivity contribution in [1.82, 2.24) is 9.97 Å². The molecule has 3 atom stereocenters. The summed E-state index contributed by atoms with van der Waals surface area (Å²) in [7, 11) is 0. The van der Waals surface area contributed by atoms with Gasteiger partial charge in [0.25, 0.3) is 5.56 Å². The molecule has 0 aliphatic carbocycles. The molecule has 6 N–H and O–H groups in total. The molecule has 1 aliphatic heterocycles. The largest absolute Gasteiger partial charge is 0.391 e. The zero-order chi connectivity index (χ0) is 14.2. The van der Waals surface area contributed by atoms with Crippen molar-refractivity contribution in [1.29, 1.82) is 0 Å². The Balaban J connectivity index is 2.43.